The third-order valence-electron chi connectivity index (χ3n) is 6.01. The van der Waals surface area contributed by atoms with E-state index in [-0.39, 0.29) is 47.1 Å². The molecule has 1 N–H and O–H groups in total. The van der Waals surface area contributed by atoms with Crippen LogP contribution >= 0.6 is 23.1 Å². The SMILES string of the molecule is CC(C)(C)c1nn(-c2ccc(F)cc2)c2c1[C@H](c1cccs1)SCC(=O)N2CC(=O)NCc1ccco1. The zero-order chi connectivity index (χ0) is 26.2. The highest BCUT2D eigenvalue weighted by molar-refractivity contribution is 8.00. The number of halogens is 1. The maximum atomic E-state index is 13.8. The van der Waals surface area contributed by atoms with Gasteiger partial charge in [0.2, 0.25) is 11.8 Å². The molecule has 0 bridgehead atoms. The number of aromatic nitrogens is 2. The van der Waals surface area contributed by atoms with Gasteiger partial charge in [0, 0.05) is 15.9 Å². The number of furan rings is 1. The second-order valence-electron chi connectivity index (χ2n) is 9.77. The Morgan fingerprint density at radius 1 is 1.19 bits per heavy atom. The lowest BCUT2D eigenvalue weighted by Crippen LogP contribution is -2.42. The molecule has 2 amide bonds. The number of hydrogen-bond acceptors (Lipinski definition) is 6. The summed E-state index contributed by atoms with van der Waals surface area (Å²) in [6.07, 6.45) is 1.54. The highest BCUT2D eigenvalue weighted by Crippen LogP contribution is 2.49. The zero-order valence-electron chi connectivity index (χ0n) is 20.7. The first kappa shape index (κ1) is 25.3. The minimum absolute atomic E-state index is 0.140. The van der Waals surface area contributed by atoms with E-state index in [4.69, 9.17) is 9.52 Å². The first-order chi connectivity index (χ1) is 17.7. The summed E-state index contributed by atoms with van der Waals surface area (Å²) >= 11 is 3.16. The fraction of sp³-hybridized carbons (Fsp3) is 0.296. The van der Waals surface area contributed by atoms with Gasteiger partial charge in [-0.2, -0.15) is 5.10 Å². The number of nitrogens with zero attached hydrogens (tertiary/aromatic N) is 3. The summed E-state index contributed by atoms with van der Waals surface area (Å²) in [5.41, 5.74) is 1.98. The van der Waals surface area contributed by atoms with Gasteiger partial charge in [-0.15, -0.1) is 23.1 Å². The Morgan fingerprint density at radius 2 is 1.97 bits per heavy atom. The van der Waals surface area contributed by atoms with E-state index in [1.807, 2.05) is 11.4 Å². The van der Waals surface area contributed by atoms with E-state index < -0.39 is 0 Å². The number of anilines is 1. The molecule has 0 aliphatic carbocycles. The smallest absolute Gasteiger partial charge is 0.240 e. The molecule has 0 saturated carbocycles. The lowest BCUT2D eigenvalue weighted by molar-refractivity contribution is -0.123. The molecule has 3 aromatic heterocycles. The summed E-state index contributed by atoms with van der Waals surface area (Å²) in [6, 6.07) is 13.6. The number of rotatable bonds is 6. The molecule has 0 radical (unpaired) electrons. The summed E-state index contributed by atoms with van der Waals surface area (Å²) in [6.45, 7) is 6.27. The predicted molar refractivity (Wildman–Crippen MR) is 144 cm³/mol. The van der Waals surface area contributed by atoms with Crippen molar-refractivity contribution >= 4 is 40.7 Å². The molecular formula is C27H27FN4O3S2. The van der Waals surface area contributed by atoms with E-state index in [1.165, 1.54) is 28.8 Å². The van der Waals surface area contributed by atoms with Crippen molar-refractivity contribution in [1.29, 1.82) is 0 Å². The van der Waals surface area contributed by atoms with E-state index >= 15 is 0 Å². The molecule has 5 rings (SSSR count). The molecule has 0 unspecified atom stereocenters. The molecule has 4 heterocycles. The van der Waals surface area contributed by atoms with Crippen LogP contribution in [0.15, 0.2) is 64.6 Å². The third-order valence-corrected chi connectivity index (χ3v) is 8.34. The van der Waals surface area contributed by atoms with E-state index in [0.717, 1.165) is 16.1 Å². The molecule has 192 valence electrons. The Morgan fingerprint density at radius 3 is 2.62 bits per heavy atom. The van der Waals surface area contributed by atoms with Crippen LogP contribution in [-0.4, -0.2) is 33.9 Å². The average Bonchev–Trinajstić information content (AvgIpc) is 3.62. The van der Waals surface area contributed by atoms with Crippen LogP contribution in [0.3, 0.4) is 0 Å². The van der Waals surface area contributed by atoms with Gasteiger partial charge >= 0.3 is 0 Å². The first-order valence-electron chi connectivity index (χ1n) is 11.9. The number of carbonyl (C=O) groups excluding carboxylic acids is 2. The molecule has 1 aromatic carbocycles. The standard InChI is InChI=1S/C27H27FN4O3S2/c1-27(2,3)25-23-24(20-7-5-13-36-20)37-16-22(34)31(15-21(33)29-14-19-6-4-12-35-19)26(23)32(30-25)18-10-8-17(28)9-11-18/h4-13,24H,14-16H2,1-3H3,(H,29,33)/t24-/m0/s1. The number of thioether (sulfide) groups is 1. The molecule has 0 saturated heterocycles. The quantitative estimate of drug-likeness (QED) is 0.353. The van der Waals surface area contributed by atoms with E-state index in [0.29, 0.717) is 17.3 Å². The van der Waals surface area contributed by atoms with Crippen molar-refractivity contribution in [2.24, 2.45) is 0 Å². The Bertz CT molecular complexity index is 1390. The topological polar surface area (TPSA) is 80.4 Å². The fourth-order valence-corrected chi connectivity index (χ4v) is 6.47. The zero-order valence-corrected chi connectivity index (χ0v) is 22.4. The van der Waals surface area contributed by atoms with E-state index in [2.05, 4.69) is 32.2 Å². The average molecular weight is 539 g/mol. The van der Waals surface area contributed by atoms with Crippen LogP contribution in [-0.2, 0) is 21.5 Å². The lowest BCUT2D eigenvalue weighted by Gasteiger charge is -2.24. The molecular weight excluding hydrogens is 511 g/mol. The van der Waals surface area contributed by atoms with Gasteiger partial charge in [0.15, 0.2) is 0 Å². The largest absolute Gasteiger partial charge is 0.467 e. The van der Waals surface area contributed by atoms with E-state index in [9.17, 15) is 14.0 Å². The number of fused-ring (bicyclic) bond motifs is 1. The number of carbonyl (C=O) groups is 2. The summed E-state index contributed by atoms with van der Waals surface area (Å²) < 4.78 is 20.8. The van der Waals surface area contributed by atoms with Gasteiger partial charge in [-0.3, -0.25) is 14.5 Å². The van der Waals surface area contributed by atoms with Crippen molar-refractivity contribution in [3.8, 4) is 5.69 Å². The van der Waals surface area contributed by atoms with Crippen molar-refractivity contribution in [2.75, 3.05) is 17.2 Å². The van der Waals surface area contributed by atoms with Gasteiger partial charge in [-0.05, 0) is 47.8 Å². The molecule has 1 aliphatic heterocycles. The number of benzene rings is 1. The van der Waals surface area contributed by atoms with Crippen LogP contribution in [0.25, 0.3) is 5.69 Å². The Hall–Kier alpha value is -3.37. The monoisotopic (exact) mass is 538 g/mol. The number of hydrogen-bond donors (Lipinski definition) is 1. The Labute approximate surface area is 222 Å². The summed E-state index contributed by atoms with van der Waals surface area (Å²) in [5, 5.41) is 9.70. The third kappa shape index (κ3) is 5.21. The second kappa shape index (κ2) is 10.2. The predicted octanol–water partition coefficient (Wildman–Crippen LogP) is 5.45. The van der Waals surface area contributed by atoms with Crippen LogP contribution in [0.5, 0.6) is 0 Å². The van der Waals surface area contributed by atoms with Crippen LogP contribution in [0, 0.1) is 5.82 Å². The fourth-order valence-electron chi connectivity index (χ4n) is 4.30. The number of amides is 2. The van der Waals surface area contributed by atoms with Gasteiger partial charge in [0.25, 0.3) is 0 Å². The highest BCUT2D eigenvalue weighted by Gasteiger charge is 2.40. The molecule has 0 fully saturated rings. The Kier molecular flexibility index (Phi) is 6.96. The van der Waals surface area contributed by atoms with Crippen molar-refractivity contribution in [3.63, 3.8) is 0 Å². The molecule has 1 atom stereocenters. The van der Waals surface area contributed by atoms with Gasteiger partial charge in [-0.25, -0.2) is 9.07 Å². The molecule has 0 spiro atoms. The molecule has 37 heavy (non-hydrogen) atoms. The summed E-state index contributed by atoms with van der Waals surface area (Å²) in [4.78, 5) is 29.2. The number of nitrogens with one attached hydrogen (secondary N) is 1. The maximum absolute atomic E-state index is 13.8. The maximum Gasteiger partial charge on any atom is 0.240 e. The van der Waals surface area contributed by atoms with Crippen LogP contribution in [0.2, 0.25) is 0 Å². The molecule has 1 aliphatic rings. The van der Waals surface area contributed by atoms with Crippen LogP contribution < -0.4 is 10.2 Å². The van der Waals surface area contributed by atoms with Gasteiger partial charge in [-0.1, -0.05) is 26.8 Å². The Balaban J connectivity index is 1.65. The minimum Gasteiger partial charge on any atom is -0.467 e. The molecule has 7 nitrogen and oxygen atoms in total. The van der Waals surface area contributed by atoms with Crippen LogP contribution in [0.1, 0.15) is 47.9 Å². The summed E-state index contributed by atoms with van der Waals surface area (Å²) in [5.74, 6) is 0.487. The van der Waals surface area contributed by atoms with E-state index in [1.54, 1.807) is 46.5 Å². The highest BCUT2D eigenvalue weighted by atomic mass is 32.2. The normalized spacial score (nSPS) is 15.9. The van der Waals surface area contributed by atoms with Crippen LogP contribution in [0.4, 0.5) is 10.2 Å². The first-order valence-corrected chi connectivity index (χ1v) is 13.8. The van der Waals surface area contributed by atoms with Gasteiger partial charge < -0.3 is 9.73 Å². The van der Waals surface area contributed by atoms with Crippen molar-refractivity contribution in [2.45, 2.75) is 38.0 Å². The minimum atomic E-state index is -0.365. The van der Waals surface area contributed by atoms with Gasteiger partial charge in [0.1, 0.15) is 23.9 Å². The van der Waals surface area contributed by atoms with Crippen molar-refractivity contribution in [1.82, 2.24) is 15.1 Å². The lowest BCUT2D eigenvalue weighted by atomic mass is 9.88. The van der Waals surface area contributed by atoms with Crippen molar-refractivity contribution < 1.29 is 18.4 Å². The summed E-state index contributed by atoms with van der Waals surface area (Å²) in [7, 11) is 0. The van der Waals surface area contributed by atoms with Gasteiger partial charge in [0.05, 0.1) is 35.2 Å². The van der Waals surface area contributed by atoms with Crippen molar-refractivity contribution in [3.05, 3.63) is 87.9 Å². The number of thiophene rings is 1. The second-order valence-corrected chi connectivity index (χ2v) is 11.8. The molecule has 10 heteroatoms. The molecule has 4 aromatic rings.